The predicted octanol–water partition coefficient (Wildman–Crippen LogP) is 26.0. The molecule has 3 N–H and O–H groups in total. The molecule has 0 rings (SSSR count). The largest absolute Gasteiger partial charge is 0.472 e. The molecule has 0 aromatic carbocycles. The maximum Gasteiger partial charge on any atom is 0.472 e. The van der Waals surface area contributed by atoms with E-state index < -0.39 is 97.5 Å². The molecular weight excluding hydrogens is 1350 g/mol. The number of unbranched alkanes of at least 4 members (excludes halogenated alkanes) is 57. The summed E-state index contributed by atoms with van der Waals surface area (Å²) in [5, 5.41) is 10.7. The van der Waals surface area contributed by atoms with Gasteiger partial charge in [0.05, 0.1) is 26.4 Å². The Morgan fingerprint density at radius 3 is 0.654 bits per heavy atom. The molecule has 0 amide bonds. The molecule has 2 unspecified atom stereocenters. The van der Waals surface area contributed by atoms with Crippen LogP contribution in [0.5, 0.6) is 0 Å². The number of carbonyl (C=O) groups excluding carboxylic acids is 4. The van der Waals surface area contributed by atoms with Gasteiger partial charge < -0.3 is 33.8 Å². The van der Waals surface area contributed by atoms with E-state index in [4.69, 9.17) is 37.0 Å². The first-order valence-electron chi connectivity index (χ1n) is 44.1. The van der Waals surface area contributed by atoms with Gasteiger partial charge in [0, 0.05) is 25.7 Å². The van der Waals surface area contributed by atoms with Gasteiger partial charge in [0.15, 0.2) is 12.2 Å². The average Bonchev–Trinajstić information content (AvgIpc) is 0.903. The molecule has 0 aromatic heterocycles. The second kappa shape index (κ2) is 77.8. The van der Waals surface area contributed by atoms with E-state index in [0.29, 0.717) is 25.7 Å². The lowest BCUT2D eigenvalue weighted by molar-refractivity contribution is -0.161. The van der Waals surface area contributed by atoms with Crippen LogP contribution in [0.25, 0.3) is 0 Å². The maximum absolute atomic E-state index is 13.1. The topological polar surface area (TPSA) is 237 Å². The highest BCUT2D eigenvalue weighted by Gasteiger charge is 2.30. The van der Waals surface area contributed by atoms with Gasteiger partial charge in [-0.2, -0.15) is 0 Å². The van der Waals surface area contributed by atoms with Gasteiger partial charge in [0.25, 0.3) is 0 Å². The Kier molecular flexibility index (Phi) is 76.3. The van der Waals surface area contributed by atoms with Crippen molar-refractivity contribution in [3.8, 4) is 0 Å². The van der Waals surface area contributed by atoms with Crippen molar-refractivity contribution in [2.75, 3.05) is 39.6 Å². The fourth-order valence-electron chi connectivity index (χ4n) is 13.3. The quantitative estimate of drug-likeness (QED) is 0.0222. The molecular formula is C85H166O17P2. The first-order valence-corrected chi connectivity index (χ1v) is 47.1. The number of aliphatic hydroxyl groups excluding tert-OH is 1. The van der Waals surface area contributed by atoms with Crippen molar-refractivity contribution in [1.29, 1.82) is 0 Å². The highest BCUT2D eigenvalue weighted by atomic mass is 31.2. The molecule has 0 bridgehead atoms. The molecule has 0 saturated carbocycles. The summed E-state index contributed by atoms with van der Waals surface area (Å²) in [5.74, 6) is -1.29. The van der Waals surface area contributed by atoms with Crippen LogP contribution < -0.4 is 0 Å². The number of carbonyl (C=O) groups is 4. The fourth-order valence-corrected chi connectivity index (χ4v) is 14.9. The van der Waals surface area contributed by atoms with Crippen LogP contribution in [-0.4, -0.2) is 96.7 Å². The molecule has 0 aromatic rings. The fraction of sp³-hybridized carbons (Fsp3) is 0.953. The Morgan fingerprint density at radius 2 is 0.442 bits per heavy atom. The molecule has 0 spiro atoms. The molecule has 0 aliphatic rings. The van der Waals surface area contributed by atoms with Crippen LogP contribution in [0.2, 0.25) is 0 Å². The summed E-state index contributed by atoms with van der Waals surface area (Å²) in [7, 11) is -9.93. The number of hydrogen-bond acceptors (Lipinski definition) is 15. The van der Waals surface area contributed by atoms with Crippen molar-refractivity contribution in [2.45, 2.75) is 477 Å². The van der Waals surface area contributed by atoms with Gasteiger partial charge in [0.2, 0.25) is 0 Å². The molecule has 0 aliphatic heterocycles. The van der Waals surface area contributed by atoms with E-state index in [1.54, 1.807) is 0 Å². The zero-order chi connectivity index (χ0) is 76.2. The third-order valence-electron chi connectivity index (χ3n) is 20.0. The first kappa shape index (κ1) is 102. The van der Waals surface area contributed by atoms with Gasteiger partial charge in [-0.05, 0) is 31.6 Å². The van der Waals surface area contributed by atoms with Crippen molar-refractivity contribution in [3.63, 3.8) is 0 Å². The van der Waals surface area contributed by atoms with Gasteiger partial charge in [-0.3, -0.25) is 37.3 Å². The number of aliphatic hydroxyl groups is 1. The van der Waals surface area contributed by atoms with Gasteiger partial charge in [0.1, 0.15) is 19.3 Å². The second-order valence-corrected chi connectivity index (χ2v) is 34.0. The summed E-state index contributed by atoms with van der Waals surface area (Å²) in [5.41, 5.74) is 0. The Hall–Kier alpha value is -1.94. The van der Waals surface area contributed by atoms with Crippen molar-refractivity contribution in [3.05, 3.63) is 0 Å². The summed E-state index contributed by atoms with van der Waals surface area (Å²) >= 11 is 0. The molecule has 0 saturated heterocycles. The standard InChI is InChI=1S/C85H166O17P2/c1-6-9-12-15-18-21-24-27-29-30-31-32-35-41-46-51-56-61-66-71-85(90)102-81(75-96-83(88)69-64-59-54-49-44-40-36-33-34-38-42-47-52-57-62-67-78(4)5)77-100-104(93,94)98-73-79(86)72-97-103(91,92)99-76-80(74-95-82(87)68-63-58-53-48-43-37-26-23-20-17-14-11-8-3)101-84(89)70-65-60-55-50-45-39-28-25-22-19-16-13-10-7-2/h78-81,86H,6-77H2,1-5H3,(H,91,92)(H,93,94)/t79-,80+,81+/m0/s1. The molecule has 0 fully saturated rings. The first-order chi connectivity index (χ1) is 50.5. The second-order valence-electron chi connectivity index (χ2n) is 31.1. The normalized spacial score (nSPS) is 13.8. The number of rotatable bonds is 85. The predicted molar refractivity (Wildman–Crippen MR) is 428 cm³/mol. The summed E-state index contributed by atoms with van der Waals surface area (Å²) in [6.45, 7) is 7.40. The lowest BCUT2D eigenvalue weighted by atomic mass is 10.0. The molecule has 17 nitrogen and oxygen atoms in total. The molecule has 5 atom stereocenters. The Balaban J connectivity index is 5.26. The minimum Gasteiger partial charge on any atom is -0.462 e. The number of esters is 4. The zero-order valence-corrected chi connectivity index (χ0v) is 70.0. The molecule has 0 aliphatic carbocycles. The van der Waals surface area contributed by atoms with Crippen LogP contribution in [-0.2, 0) is 65.4 Å². The van der Waals surface area contributed by atoms with Crippen LogP contribution in [0.1, 0.15) is 458 Å². The number of hydrogen-bond donors (Lipinski definition) is 3. The number of phosphoric ester groups is 2. The highest BCUT2D eigenvalue weighted by molar-refractivity contribution is 7.47. The monoisotopic (exact) mass is 1520 g/mol. The molecule has 104 heavy (non-hydrogen) atoms. The van der Waals surface area contributed by atoms with Crippen LogP contribution in [0, 0.1) is 5.92 Å². The summed E-state index contributed by atoms with van der Waals surface area (Å²) < 4.78 is 68.9. The van der Waals surface area contributed by atoms with E-state index in [9.17, 15) is 43.2 Å². The van der Waals surface area contributed by atoms with E-state index in [-0.39, 0.29) is 25.7 Å². The summed E-state index contributed by atoms with van der Waals surface area (Å²) in [6, 6.07) is 0. The zero-order valence-electron chi connectivity index (χ0n) is 68.2. The smallest absolute Gasteiger partial charge is 0.462 e. The third-order valence-corrected chi connectivity index (χ3v) is 21.9. The van der Waals surface area contributed by atoms with Crippen molar-refractivity contribution < 1.29 is 80.2 Å². The van der Waals surface area contributed by atoms with E-state index >= 15 is 0 Å². The molecule has 19 heteroatoms. The van der Waals surface area contributed by atoms with Crippen molar-refractivity contribution in [2.24, 2.45) is 5.92 Å². The van der Waals surface area contributed by atoms with Crippen molar-refractivity contribution >= 4 is 39.5 Å². The minimum atomic E-state index is -4.96. The lowest BCUT2D eigenvalue weighted by Crippen LogP contribution is -2.30. The highest BCUT2D eigenvalue weighted by Crippen LogP contribution is 2.45. The Morgan fingerprint density at radius 1 is 0.260 bits per heavy atom. The van der Waals surface area contributed by atoms with Crippen LogP contribution in [0.3, 0.4) is 0 Å². The van der Waals surface area contributed by atoms with E-state index in [0.717, 1.165) is 95.8 Å². The average molecular weight is 1520 g/mol. The van der Waals surface area contributed by atoms with Gasteiger partial charge in [-0.15, -0.1) is 0 Å². The Labute approximate surface area is 638 Å². The molecule has 0 heterocycles. The minimum absolute atomic E-state index is 0.109. The van der Waals surface area contributed by atoms with E-state index in [1.165, 1.54) is 283 Å². The Bertz CT molecular complexity index is 1980. The maximum atomic E-state index is 13.1. The SMILES string of the molecule is CCCCCCCCCCCCCCCCCCCCCC(=O)O[C@H](COC(=O)CCCCCCCCCCCCCCCCCC(C)C)COP(=O)(O)OC[C@@H](O)COP(=O)(O)OC[C@@H](COC(=O)CCCCCCCCCCCCCCC)OC(=O)CCCCCCCCCCCCCCCC. The van der Waals surface area contributed by atoms with Gasteiger partial charge >= 0.3 is 39.5 Å². The summed E-state index contributed by atoms with van der Waals surface area (Å²) in [4.78, 5) is 73.2. The number of ether oxygens (including phenoxy) is 4. The van der Waals surface area contributed by atoms with Crippen LogP contribution >= 0.6 is 15.6 Å². The van der Waals surface area contributed by atoms with E-state index in [1.807, 2.05) is 0 Å². The molecule has 618 valence electrons. The third kappa shape index (κ3) is 78.2. The van der Waals surface area contributed by atoms with E-state index in [2.05, 4.69) is 34.6 Å². The lowest BCUT2D eigenvalue weighted by Gasteiger charge is -2.21. The van der Waals surface area contributed by atoms with Crippen LogP contribution in [0.15, 0.2) is 0 Å². The molecule has 0 radical (unpaired) electrons. The van der Waals surface area contributed by atoms with Gasteiger partial charge in [-0.1, -0.05) is 407 Å². The number of phosphoric acid groups is 2. The summed E-state index contributed by atoms with van der Waals surface area (Å²) in [6.07, 6.45) is 70.6. The van der Waals surface area contributed by atoms with Crippen LogP contribution in [0.4, 0.5) is 0 Å². The van der Waals surface area contributed by atoms with Gasteiger partial charge in [-0.25, -0.2) is 9.13 Å². The van der Waals surface area contributed by atoms with Crippen molar-refractivity contribution in [1.82, 2.24) is 0 Å².